The number of hydrogen-bond acceptors (Lipinski definition) is 5. The molecule has 1 fully saturated rings. The van der Waals surface area contributed by atoms with Crippen molar-refractivity contribution in [3.63, 3.8) is 0 Å². The van der Waals surface area contributed by atoms with Crippen LogP contribution in [0.1, 0.15) is 10.4 Å². The summed E-state index contributed by atoms with van der Waals surface area (Å²) < 4.78 is 0. The maximum absolute atomic E-state index is 11.9. The SMILES string of the molecule is O=C(c1cc(O)[nH]c(=O)c1)N1C[C@@H](O)[C@@H](O)C1. The number of rotatable bonds is 1. The molecule has 0 saturated carbocycles. The number of nitrogens with one attached hydrogen (secondary N) is 1. The van der Waals surface area contributed by atoms with Gasteiger partial charge in [-0.2, -0.15) is 0 Å². The van der Waals surface area contributed by atoms with E-state index in [1.54, 1.807) is 0 Å². The lowest BCUT2D eigenvalue weighted by Crippen LogP contribution is -2.30. The van der Waals surface area contributed by atoms with Gasteiger partial charge in [0.2, 0.25) is 0 Å². The molecule has 1 aromatic heterocycles. The van der Waals surface area contributed by atoms with Crippen LogP contribution in [0.15, 0.2) is 16.9 Å². The molecule has 17 heavy (non-hydrogen) atoms. The van der Waals surface area contributed by atoms with Crippen LogP contribution < -0.4 is 5.56 Å². The first-order chi connectivity index (χ1) is 7.97. The molecule has 1 amide bonds. The molecule has 0 aromatic carbocycles. The normalized spacial score (nSPS) is 24.0. The molecule has 0 radical (unpaired) electrons. The predicted molar refractivity (Wildman–Crippen MR) is 56.6 cm³/mol. The molecule has 7 heteroatoms. The lowest BCUT2D eigenvalue weighted by Gasteiger charge is -2.14. The molecule has 4 N–H and O–H groups in total. The molecule has 1 aliphatic rings. The number of aliphatic hydroxyl groups is 2. The van der Waals surface area contributed by atoms with E-state index in [4.69, 9.17) is 5.11 Å². The van der Waals surface area contributed by atoms with Gasteiger partial charge in [-0.1, -0.05) is 0 Å². The summed E-state index contributed by atoms with van der Waals surface area (Å²) >= 11 is 0. The molecule has 7 nitrogen and oxygen atoms in total. The maximum atomic E-state index is 11.9. The molecule has 0 spiro atoms. The van der Waals surface area contributed by atoms with Gasteiger partial charge in [0.25, 0.3) is 11.5 Å². The van der Waals surface area contributed by atoms with Crippen LogP contribution in [0.3, 0.4) is 0 Å². The molecule has 1 saturated heterocycles. The Morgan fingerprint density at radius 2 is 1.88 bits per heavy atom. The van der Waals surface area contributed by atoms with E-state index in [0.29, 0.717) is 0 Å². The van der Waals surface area contributed by atoms with Crippen LogP contribution in [-0.2, 0) is 0 Å². The van der Waals surface area contributed by atoms with Crippen LogP contribution in [0.4, 0.5) is 0 Å². The highest BCUT2D eigenvalue weighted by atomic mass is 16.3. The van der Waals surface area contributed by atoms with Crippen molar-refractivity contribution in [1.29, 1.82) is 0 Å². The van der Waals surface area contributed by atoms with Crippen LogP contribution in [0, 0.1) is 0 Å². The van der Waals surface area contributed by atoms with E-state index in [-0.39, 0.29) is 18.7 Å². The van der Waals surface area contributed by atoms with E-state index in [1.165, 1.54) is 4.90 Å². The van der Waals surface area contributed by atoms with Gasteiger partial charge in [-0.3, -0.25) is 14.6 Å². The number of H-pyrrole nitrogens is 1. The van der Waals surface area contributed by atoms with E-state index >= 15 is 0 Å². The number of β-amino-alcohol motifs (C(OH)–C–C–N with tert-alkyl or cyclic N) is 2. The summed E-state index contributed by atoms with van der Waals surface area (Å²) in [6.45, 7) is 0.0150. The summed E-state index contributed by atoms with van der Waals surface area (Å²) in [5.41, 5.74) is -0.568. The fourth-order valence-electron chi connectivity index (χ4n) is 1.77. The van der Waals surface area contributed by atoms with Crippen molar-refractivity contribution in [3.8, 4) is 5.88 Å². The fourth-order valence-corrected chi connectivity index (χ4v) is 1.77. The zero-order valence-electron chi connectivity index (χ0n) is 8.83. The first kappa shape index (κ1) is 11.6. The van der Waals surface area contributed by atoms with Crippen LogP contribution in [0.25, 0.3) is 0 Å². The Kier molecular flexibility index (Phi) is 2.86. The van der Waals surface area contributed by atoms with Gasteiger partial charge in [-0.25, -0.2) is 0 Å². The third-order valence-corrected chi connectivity index (χ3v) is 2.62. The quantitative estimate of drug-likeness (QED) is 0.465. The average Bonchev–Trinajstić information content (AvgIpc) is 2.57. The van der Waals surface area contributed by atoms with Gasteiger partial charge in [-0.05, 0) is 0 Å². The van der Waals surface area contributed by atoms with E-state index in [2.05, 4.69) is 4.98 Å². The topological polar surface area (TPSA) is 114 Å². The summed E-state index contributed by atoms with van der Waals surface area (Å²) in [5.74, 6) is -0.914. The van der Waals surface area contributed by atoms with Crippen LogP contribution in [0.2, 0.25) is 0 Å². The summed E-state index contributed by atoms with van der Waals surface area (Å²) in [5, 5.41) is 27.8. The highest BCUT2D eigenvalue weighted by Crippen LogP contribution is 2.14. The van der Waals surface area contributed by atoms with E-state index in [0.717, 1.165) is 12.1 Å². The van der Waals surface area contributed by atoms with Gasteiger partial charge in [-0.15, -0.1) is 0 Å². The number of pyridine rings is 1. The Labute approximate surface area is 95.9 Å². The van der Waals surface area contributed by atoms with Crippen molar-refractivity contribution in [2.45, 2.75) is 12.2 Å². The number of carbonyl (C=O) groups excluding carboxylic acids is 1. The Morgan fingerprint density at radius 3 is 2.41 bits per heavy atom. The molecule has 2 atom stereocenters. The lowest BCUT2D eigenvalue weighted by molar-refractivity contribution is 0.0572. The number of aliphatic hydroxyl groups excluding tert-OH is 2. The highest BCUT2D eigenvalue weighted by Gasteiger charge is 2.33. The number of likely N-dealkylation sites (tertiary alicyclic amines) is 1. The number of aromatic hydroxyl groups is 1. The monoisotopic (exact) mass is 240 g/mol. The maximum Gasteiger partial charge on any atom is 0.254 e. The van der Waals surface area contributed by atoms with Gasteiger partial charge >= 0.3 is 0 Å². The Bertz CT molecular complexity index is 488. The van der Waals surface area contributed by atoms with Crippen molar-refractivity contribution in [3.05, 3.63) is 28.0 Å². The molecule has 1 aromatic rings. The molecular formula is C10H12N2O5. The average molecular weight is 240 g/mol. The smallest absolute Gasteiger partial charge is 0.254 e. The second-order valence-corrected chi connectivity index (χ2v) is 3.96. The molecule has 1 aliphatic heterocycles. The second kappa shape index (κ2) is 4.19. The summed E-state index contributed by atoms with van der Waals surface area (Å²) in [6, 6.07) is 2.18. The molecule has 0 bridgehead atoms. The van der Waals surface area contributed by atoms with Gasteiger partial charge in [0.15, 0.2) is 5.88 Å². The second-order valence-electron chi connectivity index (χ2n) is 3.96. The minimum Gasteiger partial charge on any atom is -0.494 e. The van der Waals surface area contributed by atoms with Crippen molar-refractivity contribution >= 4 is 5.91 Å². The van der Waals surface area contributed by atoms with E-state index in [9.17, 15) is 19.8 Å². The van der Waals surface area contributed by atoms with Crippen molar-refractivity contribution in [2.24, 2.45) is 0 Å². The fraction of sp³-hybridized carbons (Fsp3) is 0.400. The first-order valence-electron chi connectivity index (χ1n) is 5.06. The number of aromatic amines is 1. The molecule has 2 rings (SSSR count). The Morgan fingerprint density at radius 1 is 1.29 bits per heavy atom. The van der Waals surface area contributed by atoms with Crippen LogP contribution in [0.5, 0.6) is 5.88 Å². The zero-order chi connectivity index (χ0) is 12.6. The third-order valence-electron chi connectivity index (χ3n) is 2.62. The van der Waals surface area contributed by atoms with Crippen LogP contribution in [-0.4, -0.2) is 56.4 Å². The minimum absolute atomic E-state index is 0.00750. The number of nitrogens with zero attached hydrogens (tertiary/aromatic N) is 1. The third kappa shape index (κ3) is 2.29. The van der Waals surface area contributed by atoms with E-state index < -0.39 is 29.6 Å². The Hall–Kier alpha value is -1.86. The molecule has 0 aliphatic carbocycles. The Balaban J connectivity index is 2.23. The van der Waals surface area contributed by atoms with Gasteiger partial charge < -0.3 is 20.2 Å². The lowest BCUT2D eigenvalue weighted by atomic mass is 10.2. The minimum atomic E-state index is -0.977. The molecule has 0 unspecified atom stereocenters. The highest BCUT2D eigenvalue weighted by molar-refractivity contribution is 5.94. The standard InChI is InChI=1S/C10H12N2O5/c13-6-3-12(4-7(6)14)10(17)5-1-8(15)11-9(16)2-5/h1-2,6-7,13-14H,3-4H2,(H2,11,15,16)/t6-,7+. The van der Waals surface area contributed by atoms with Gasteiger partial charge in [0.1, 0.15) is 0 Å². The number of amides is 1. The van der Waals surface area contributed by atoms with E-state index in [1.807, 2.05) is 0 Å². The summed E-state index contributed by atoms with van der Waals surface area (Å²) in [7, 11) is 0. The number of aromatic nitrogens is 1. The van der Waals surface area contributed by atoms with Crippen molar-refractivity contribution in [1.82, 2.24) is 9.88 Å². The largest absolute Gasteiger partial charge is 0.494 e. The summed E-state index contributed by atoms with van der Waals surface area (Å²) in [6.07, 6.45) is -1.95. The predicted octanol–water partition coefficient (Wildman–Crippen LogP) is -1.74. The van der Waals surface area contributed by atoms with Gasteiger partial charge in [0, 0.05) is 25.2 Å². The zero-order valence-corrected chi connectivity index (χ0v) is 8.83. The van der Waals surface area contributed by atoms with Crippen molar-refractivity contribution in [2.75, 3.05) is 13.1 Å². The van der Waals surface area contributed by atoms with Crippen LogP contribution >= 0.6 is 0 Å². The molecule has 2 heterocycles. The number of carbonyl (C=O) groups is 1. The molecular weight excluding hydrogens is 228 g/mol. The first-order valence-corrected chi connectivity index (χ1v) is 5.06. The molecule has 92 valence electrons. The van der Waals surface area contributed by atoms with Gasteiger partial charge in [0.05, 0.1) is 17.8 Å². The number of hydrogen-bond donors (Lipinski definition) is 4. The summed E-state index contributed by atoms with van der Waals surface area (Å²) in [4.78, 5) is 26.3. The van der Waals surface area contributed by atoms with Crippen molar-refractivity contribution < 1.29 is 20.1 Å².